The molecule has 0 saturated heterocycles. The van der Waals surface area contributed by atoms with Crippen molar-refractivity contribution in [3.63, 3.8) is 0 Å². The highest BCUT2D eigenvalue weighted by Crippen LogP contribution is 2.36. The van der Waals surface area contributed by atoms with E-state index in [-0.39, 0.29) is 0 Å². The minimum Gasteiger partial charge on any atom is -0.352 e. The third kappa shape index (κ3) is 9.03. The van der Waals surface area contributed by atoms with Crippen molar-refractivity contribution >= 4 is 82.4 Å². The molecule has 0 amide bonds. The van der Waals surface area contributed by atoms with Crippen molar-refractivity contribution in [1.82, 2.24) is 59.4 Å². The lowest BCUT2D eigenvalue weighted by molar-refractivity contribution is 0.863. The van der Waals surface area contributed by atoms with Gasteiger partial charge in [-0.3, -0.25) is 0 Å². The summed E-state index contributed by atoms with van der Waals surface area (Å²) >= 11 is 0. The molecule has 13 heteroatoms. The van der Waals surface area contributed by atoms with Crippen LogP contribution in [-0.4, -0.2) is 59.4 Å². The number of aryl methyl sites for hydroxylation is 11. The molecular formula is C71H71N13. The molecule has 0 unspecified atom stereocenters. The van der Waals surface area contributed by atoms with Crippen molar-refractivity contribution in [3.05, 3.63) is 247 Å². The van der Waals surface area contributed by atoms with Gasteiger partial charge in [-0.1, -0.05) is 72.8 Å². The van der Waals surface area contributed by atoms with Gasteiger partial charge in [-0.05, 0) is 120 Å². The van der Waals surface area contributed by atoms with Crippen LogP contribution < -0.4 is 0 Å². The summed E-state index contributed by atoms with van der Waals surface area (Å²) in [5.74, 6) is 2.16. The van der Waals surface area contributed by atoms with Crippen LogP contribution in [0.15, 0.2) is 201 Å². The van der Waals surface area contributed by atoms with Gasteiger partial charge in [0.2, 0.25) is 0 Å². The normalized spacial score (nSPS) is 11.8. The van der Waals surface area contributed by atoms with E-state index in [0.29, 0.717) is 0 Å². The summed E-state index contributed by atoms with van der Waals surface area (Å²) in [7, 11) is 12.5. The van der Waals surface area contributed by atoms with E-state index in [0.717, 1.165) is 23.6 Å². The highest BCUT2D eigenvalue weighted by atomic mass is 15.1. The van der Waals surface area contributed by atoms with E-state index in [9.17, 15) is 0 Å². The number of imidazole rings is 3. The standard InChI is InChI=1S/5C12H12N2.C11H11N3/c1-9-12-10(8-13(9)2)7-11-5-3-4-6-14(11)12;1-9-11-7-10-5-3-4-6-14(10)12(11)8-13(9)2;1-9-7-10-8-11-5-3-4-6-14(11)12(10)13(9)2;1-9-7-14-8-10-5-3-4-6-11(10)12(14)13(9)2;1-8-13-11-7-9-5-3-4-6-10(9)12(11)14(8)2;1-8-12-9-7-14-6-4-3-5-10(14)11(9)13(8)2/h4*3-8H,1-2H3;3-6H,7H2,1-2H3;3-7H,1-2H3. The first-order valence-electron chi connectivity index (χ1n) is 28.7. The van der Waals surface area contributed by atoms with Crippen molar-refractivity contribution in [1.29, 1.82) is 0 Å². The number of hydrogen-bond acceptors (Lipinski definition) is 2. The fourth-order valence-corrected chi connectivity index (χ4v) is 12.4. The van der Waals surface area contributed by atoms with Gasteiger partial charge in [0.25, 0.3) is 0 Å². The Morgan fingerprint density at radius 3 is 1.80 bits per heavy atom. The summed E-state index contributed by atoms with van der Waals surface area (Å²) in [6.45, 7) is 12.7. The van der Waals surface area contributed by atoms with Gasteiger partial charge < -0.3 is 49.4 Å². The van der Waals surface area contributed by atoms with E-state index >= 15 is 0 Å². The van der Waals surface area contributed by atoms with Crippen LogP contribution in [0.1, 0.15) is 45.7 Å². The van der Waals surface area contributed by atoms with Gasteiger partial charge in [0, 0.05) is 176 Å². The second kappa shape index (κ2) is 21.0. The lowest BCUT2D eigenvalue weighted by Crippen LogP contribution is -1.94. The highest BCUT2D eigenvalue weighted by Gasteiger charge is 2.23. The Kier molecular flexibility index (Phi) is 13.3. The molecule has 2 aromatic carbocycles. The zero-order valence-electron chi connectivity index (χ0n) is 50.1. The Morgan fingerprint density at radius 2 is 1.01 bits per heavy atom. The first kappa shape index (κ1) is 53.2. The minimum atomic E-state index is 0.993. The molecule has 0 atom stereocenters. The van der Waals surface area contributed by atoms with Gasteiger partial charge in [0.15, 0.2) is 0 Å². The van der Waals surface area contributed by atoms with Gasteiger partial charge in [-0.25, -0.2) is 9.97 Å². The topological polar surface area (TPSA) is 77.4 Å². The summed E-state index contributed by atoms with van der Waals surface area (Å²) in [5.41, 5.74) is 22.9. The van der Waals surface area contributed by atoms with Gasteiger partial charge >= 0.3 is 0 Å². The quantitative estimate of drug-likeness (QED) is 0.152. The second-order valence-corrected chi connectivity index (χ2v) is 22.5. The van der Waals surface area contributed by atoms with Crippen LogP contribution in [0, 0.1) is 41.5 Å². The maximum atomic E-state index is 4.57. The highest BCUT2D eigenvalue weighted by molar-refractivity contribution is 5.96. The van der Waals surface area contributed by atoms with Crippen LogP contribution in [0.2, 0.25) is 0 Å². The van der Waals surface area contributed by atoms with E-state index < -0.39 is 0 Å². The van der Waals surface area contributed by atoms with Crippen molar-refractivity contribution in [3.8, 4) is 11.3 Å². The minimum absolute atomic E-state index is 0.993. The van der Waals surface area contributed by atoms with Crippen LogP contribution >= 0.6 is 0 Å². The van der Waals surface area contributed by atoms with E-state index in [2.05, 4.69) is 325 Å². The maximum absolute atomic E-state index is 4.57. The maximum Gasteiger partial charge on any atom is 0.124 e. The van der Waals surface area contributed by atoms with E-state index in [1.807, 2.05) is 19.2 Å². The van der Waals surface area contributed by atoms with Gasteiger partial charge in [-0.2, -0.15) is 0 Å². The first-order valence-corrected chi connectivity index (χ1v) is 28.7. The predicted octanol–water partition coefficient (Wildman–Crippen LogP) is 15.4. The lowest BCUT2D eigenvalue weighted by Gasteiger charge is -2.03. The number of aromatic nitrogens is 13. The molecule has 0 aliphatic heterocycles. The van der Waals surface area contributed by atoms with Gasteiger partial charge in [-0.15, -0.1) is 0 Å². The van der Waals surface area contributed by atoms with Gasteiger partial charge in [0.05, 0.1) is 33.5 Å². The molecule has 0 fully saturated rings. The van der Waals surface area contributed by atoms with Crippen molar-refractivity contribution in [2.45, 2.75) is 48.0 Å². The molecule has 84 heavy (non-hydrogen) atoms. The summed E-state index contributed by atoms with van der Waals surface area (Å²) in [6.07, 6.45) is 20.1. The average molecular weight is 1110 g/mol. The summed E-state index contributed by atoms with van der Waals surface area (Å²) < 4.78 is 24.1. The van der Waals surface area contributed by atoms with E-state index in [1.54, 1.807) is 0 Å². The molecule has 0 spiro atoms. The SMILES string of the molecule is Cc1c2c(cc3ccccn32)cn1C.Cc1c2cc3ccccn3c2cn1C.Cc1cc2cc3ccccn3c2n1C.Cc1cn2cc3ccccc3c2n1C.Cc1nc2c(n1C)-c1ccccc1C2.Cc1nc2cn3ccccc3c2n1C. The molecular weight excluding hydrogens is 1030 g/mol. The largest absolute Gasteiger partial charge is 0.352 e. The number of nitrogens with zero attached hydrogens (tertiary/aromatic N) is 13. The predicted molar refractivity (Wildman–Crippen MR) is 347 cm³/mol. The Hall–Kier alpha value is -10.1. The van der Waals surface area contributed by atoms with Crippen LogP contribution in [0.25, 0.3) is 93.6 Å². The molecule has 420 valence electrons. The molecule has 1 aliphatic carbocycles. The zero-order chi connectivity index (χ0) is 58.2. The fraction of sp³-hybridized carbons (Fsp3) is 0.183. The molecule has 15 heterocycles. The molecule has 13 nitrogen and oxygen atoms in total. The second-order valence-electron chi connectivity index (χ2n) is 22.5. The number of pyridine rings is 4. The third-order valence-electron chi connectivity index (χ3n) is 17.4. The van der Waals surface area contributed by atoms with E-state index in [4.69, 9.17) is 0 Å². The fourth-order valence-electron chi connectivity index (χ4n) is 12.4. The Labute approximate surface area is 487 Å². The molecule has 1 aliphatic rings. The Bertz CT molecular complexity index is 4820. The monoisotopic (exact) mass is 1110 g/mol. The summed E-state index contributed by atoms with van der Waals surface area (Å²) in [5, 5.41) is 6.60. The Morgan fingerprint density at radius 1 is 0.393 bits per heavy atom. The number of hydrogen-bond donors (Lipinski definition) is 0. The molecule has 15 aromatic heterocycles. The number of rotatable bonds is 0. The van der Waals surface area contributed by atoms with Crippen molar-refractivity contribution in [2.24, 2.45) is 42.3 Å². The first-order chi connectivity index (χ1) is 40.6. The molecule has 0 N–H and O–H groups in total. The van der Waals surface area contributed by atoms with Crippen molar-refractivity contribution < 1.29 is 0 Å². The lowest BCUT2D eigenvalue weighted by atomic mass is 10.1. The van der Waals surface area contributed by atoms with Crippen molar-refractivity contribution in [2.75, 3.05) is 0 Å². The molecule has 17 aromatic rings. The van der Waals surface area contributed by atoms with Crippen LogP contribution in [0.4, 0.5) is 0 Å². The zero-order valence-corrected chi connectivity index (χ0v) is 50.1. The van der Waals surface area contributed by atoms with Crippen LogP contribution in [0.3, 0.4) is 0 Å². The molecule has 0 saturated carbocycles. The summed E-state index contributed by atoms with van der Waals surface area (Å²) in [6, 6.07) is 51.0. The average Bonchev–Trinajstić information content (AvgIpc) is 3.41. The number of fused-ring (bicyclic) bond motifs is 18. The molecule has 0 bridgehead atoms. The summed E-state index contributed by atoms with van der Waals surface area (Å²) in [4.78, 5) is 9.06. The number of benzene rings is 2. The van der Waals surface area contributed by atoms with Gasteiger partial charge in [0.1, 0.15) is 28.5 Å². The third-order valence-corrected chi connectivity index (χ3v) is 17.4. The molecule has 18 rings (SSSR count). The van der Waals surface area contributed by atoms with Crippen LogP contribution in [-0.2, 0) is 48.7 Å². The smallest absolute Gasteiger partial charge is 0.124 e. The van der Waals surface area contributed by atoms with Crippen LogP contribution in [0.5, 0.6) is 0 Å². The molecule has 0 radical (unpaired) electrons. The van der Waals surface area contributed by atoms with E-state index in [1.165, 1.54) is 122 Å². The Balaban J connectivity index is 0.0000000940.